The molecule has 0 saturated heterocycles. The van der Waals surface area contributed by atoms with Crippen LogP contribution in [0.3, 0.4) is 0 Å². The molecule has 2 aromatic rings. The third-order valence-corrected chi connectivity index (χ3v) is 4.21. The number of hydrogen-bond donors (Lipinski definition) is 1. The van der Waals surface area contributed by atoms with Gasteiger partial charge >= 0.3 is 0 Å². The van der Waals surface area contributed by atoms with Crippen LogP contribution in [0.5, 0.6) is 0 Å². The van der Waals surface area contributed by atoms with Crippen LogP contribution in [0.1, 0.15) is 16.5 Å². The van der Waals surface area contributed by atoms with Gasteiger partial charge in [-0.05, 0) is 45.8 Å². The highest BCUT2D eigenvalue weighted by Crippen LogP contribution is 2.28. The quantitative estimate of drug-likeness (QED) is 0.870. The fourth-order valence-corrected chi connectivity index (χ4v) is 3.01. The molecule has 90 valence electrons. The van der Waals surface area contributed by atoms with E-state index in [0.717, 1.165) is 4.88 Å². The van der Waals surface area contributed by atoms with E-state index in [4.69, 9.17) is 11.6 Å². The zero-order valence-electron chi connectivity index (χ0n) is 8.66. The molecule has 0 amide bonds. The Morgan fingerprint density at radius 2 is 2.12 bits per heavy atom. The second kappa shape index (κ2) is 5.48. The summed E-state index contributed by atoms with van der Waals surface area (Å²) >= 11 is 10.4. The Hall–Kier alpha value is -0.420. The normalized spacial score (nSPS) is 12.7. The van der Waals surface area contributed by atoms with Gasteiger partial charge in [0.05, 0.1) is 14.9 Å². The van der Waals surface area contributed by atoms with Crippen LogP contribution < -0.4 is 0 Å². The molecule has 1 heterocycles. The van der Waals surface area contributed by atoms with Gasteiger partial charge in [0.1, 0.15) is 5.82 Å². The van der Waals surface area contributed by atoms with Gasteiger partial charge in [0.15, 0.2) is 0 Å². The van der Waals surface area contributed by atoms with Crippen LogP contribution in [0.15, 0.2) is 34.8 Å². The fraction of sp³-hybridized carbons (Fsp3) is 0.167. The minimum atomic E-state index is -0.651. The van der Waals surface area contributed by atoms with Crippen LogP contribution in [0.2, 0.25) is 4.34 Å². The van der Waals surface area contributed by atoms with Gasteiger partial charge in [0, 0.05) is 11.3 Å². The molecule has 2 rings (SSSR count). The second-order valence-electron chi connectivity index (χ2n) is 3.60. The van der Waals surface area contributed by atoms with Gasteiger partial charge in [-0.1, -0.05) is 17.7 Å². The van der Waals surface area contributed by atoms with Crippen molar-refractivity contribution in [3.63, 3.8) is 0 Å². The Morgan fingerprint density at radius 3 is 2.71 bits per heavy atom. The summed E-state index contributed by atoms with van der Waals surface area (Å²) in [5.41, 5.74) is 0.683. The van der Waals surface area contributed by atoms with E-state index in [1.165, 1.54) is 17.4 Å². The minimum Gasteiger partial charge on any atom is -0.388 e. The Balaban J connectivity index is 2.14. The molecular formula is C12H9BrClFOS. The molecule has 0 spiro atoms. The summed E-state index contributed by atoms with van der Waals surface area (Å²) in [6.45, 7) is 0. The molecule has 0 radical (unpaired) electrons. The third-order valence-electron chi connectivity index (χ3n) is 2.35. The van der Waals surface area contributed by atoms with Gasteiger partial charge in [-0.3, -0.25) is 0 Å². The Morgan fingerprint density at radius 1 is 1.35 bits per heavy atom. The topological polar surface area (TPSA) is 20.2 Å². The van der Waals surface area contributed by atoms with Gasteiger partial charge < -0.3 is 5.11 Å². The summed E-state index contributed by atoms with van der Waals surface area (Å²) in [6, 6.07) is 8.20. The van der Waals surface area contributed by atoms with Crippen molar-refractivity contribution in [2.24, 2.45) is 0 Å². The summed E-state index contributed by atoms with van der Waals surface area (Å²) in [6.07, 6.45) is -0.170. The largest absolute Gasteiger partial charge is 0.388 e. The lowest BCUT2D eigenvalue weighted by Gasteiger charge is -2.10. The first-order valence-electron chi connectivity index (χ1n) is 4.93. The molecule has 0 aliphatic heterocycles. The van der Waals surface area contributed by atoms with Crippen LogP contribution in [0, 0.1) is 5.82 Å². The van der Waals surface area contributed by atoms with Crippen molar-refractivity contribution in [1.29, 1.82) is 0 Å². The summed E-state index contributed by atoms with van der Waals surface area (Å²) in [5, 5.41) is 10.0. The Kier molecular flexibility index (Phi) is 4.20. The average molecular weight is 336 g/mol. The number of halogens is 3. The van der Waals surface area contributed by atoms with E-state index < -0.39 is 6.10 Å². The average Bonchev–Trinajstić information content (AvgIpc) is 2.68. The van der Waals surface area contributed by atoms with Crippen LogP contribution in [0.4, 0.5) is 4.39 Å². The van der Waals surface area contributed by atoms with E-state index in [1.807, 2.05) is 6.07 Å². The first kappa shape index (κ1) is 13.0. The number of aliphatic hydroxyl groups excluding tert-OH is 1. The third kappa shape index (κ3) is 3.28. The van der Waals surface area contributed by atoms with Crippen molar-refractivity contribution in [1.82, 2.24) is 0 Å². The van der Waals surface area contributed by atoms with Crippen LogP contribution in [-0.2, 0) is 6.42 Å². The van der Waals surface area contributed by atoms with Crippen molar-refractivity contribution in [3.8, 4) is 0 Å². The molecule has 1 N–H and O–H groups in total. The van der Waals surface area contributed by atoms with Crippen LogP contribution in [0.25, 0.3) is 0 Å². The molecule has 0 saturated carbocycles. The lowest BCUT2D eigenvalue weighted by atomic mass is 10.1. The van der Waals surface area contributed by atoms with Crippen molar-refractivity contribution < 1.29 is 9.50 Å². The zero-order chi connectivity index (χ0) is 12.4. The lowest BCUT2D eigenvalue weighted by molar-refractivity contribution is 0.179. The summed E-state index contributed by atoms with van der Waals surface area (Å²) in [5.74, 6) is -0.333. The van der Waals surface area contributed by atoms with Crippen molar-refractivity contribution in [2.45, 2.75) is 12.5 Å². The van der Waals surface area contributed by atoms with Crippen molar-refractivity contribution in [3.05, 3.63) is 55.4 Å². The molecule has 1 aromatic carbocycles. The highest BCUT2D eigenvalue weighted by molar-refractivity contribution is 9.10. The predicted molar refractivity (Wildman–Crippen MR) is 72.1 cm³/mol. The van der Waals surface area contributed by atoms with E-state index in [1.54, 1.807) is 18.2 Å². The molecule has 1 unspecified atom stereocenters. The number of hydrogen-bond acceptors (Lipinski definition) is 2. The van der Waals surface area contributed by atoms with E-state index in [0.29, 0.717) is 20.8 Å². The number of aliphatic hydroxyl groups is 1. The number of thiophene rings is 1. The molecule has 0 aliphatic rings. The fourth-order valence-electron chi connectivity index (χ4n) is 1.49. The molecule has 0 fully saturated rings. The molecule has 1 aromatic heterocycles. The summed E-state index contributed by atoms with van der Waals surface area (Å²) in [7, 11) is 0. The first-order valence-corrected chi connectivity index (χ1v) is 6.92. The molecule has 1 atom stereocenters. The highest BCUT2D eigenvalue weighted by Gasteiger charge is 2.12. The smallest absolute Gasteiger partial charge is 0.137 e. The Labute approximate surface area is 116 Å². The molecule has 5 heteroatoms. The van der Waals surface area contributed by atoms with Gasteiger partial charge in [0.25, 0.3) is 0 Å². The second-order valence-corrected chi connectivity index (χ2v) is 6.25. The maximum absolute atomic E-state index is 13.0. The maximum atomic E-state index is 13.0. The summed E-state index contributed by atoms with van der Waals surface area (Å²) in [4.78, 5) is 1.00. The number of benzene rings is 1. The SMILES string of the molecule is OC(Cc1ccc(Cl)s1)c1ccc(F)c(Br)c1. The minimum absolute atomic E-state index is 0.333. The van der Waals surface area contributed by atoms with Crippen LogP contribution >= 0.6 is 38.9 Å². The first-order chi connectivity index (χ1) is 8.06. The number of rotatable bonds is 3. The molecule has 0 aliphatic carbocycles. The van der Waals surface area contributed by atoms with Gasteiger partial charge in [0.2, 0.25) is 0 Å². The monoisotopic (exact) mass is 334 g/mol. The zero-order valence-corrected chi connectivity index (χ0v) is 11.8. The van der Waals surface area contributed by atoms with E-state index in [9.17, 15) is 9.50 Å². The van der Waals surface area contributed by atoms with E-state index >= 15 is 0 Å². The highest BCUT2D eigenvalue weighted by atomic mass is 79.9. The van der Waals surface area contributed by atoms with E-state index in [2.05, 4.69) is 15.9 Å². The molecule has 17 heavy (non-hydrogen) atoms. The summed E-state index contributed by atoms with van der Waals surface area (Å²) < 4.78 is 14.1. The van der Waals surface area contributed by atoms with Gasteiger partial charge in [-0.2, -0.15) is 0 Å². The van der Waals surface area contributed by atoms with Gasteiger partial charge in [-0.15, -0.1) is 11.3 Å². The van der Waals surface area contributed by atoms with Crippen molar-refractivity contribution >= 4 is 38.9 Å². The standard InChI is InChI=1S/C12H9BrClFOS/c13-9-5-7(1-3-10(9)15)11(16)6-8-2-4-12(14)17-8/h1-5,11,16H,6H2. The Bertz CT molecular complexity index is 529. The van der Waals surface area contributed by atoms with Crippen molar-refractivity contribution in [2.75, 3.05) is 0 Å². The molecule has 1 nitrogen and oxygen atoms in total. The predicted octanol–water partition coefficient (Wildman–Crippen LogP) is 4.58. The van der Waals surface area contributed by atoms with Gasteiger partial charge in [-0.25, -0.2) is 4.39 Å². The molecule has 0 bridgehead atoms. The maximum Gasteiger partial charge on any atom is 0.137 e. The van der Waals surface area contributed by atoms with Crippen LogP contribution in [-0.4, -0.2) is 5.11 Å². The molecular weight excluding hydrogens is 327 g/mol. The van der Waals surface area contributed by atoms with E-state index in [-0.39, 0.29) is 5.82 Å². The lowest BCUT2D eigenvalue weighted by Crippen LogP contribution is -2.00.